The minimum Gasteiger partial charge on any atom is -0.207 e. The van der Waals surface area contributed by atoms with Crippen LogP contribution in [-0.4, -0.2) is 0 Å². The highest BCUT2D eigenvalue weighted by molar-refractivity contribution is 5.29. The Morgan fingerprint density at radius 2 is 1.29 bits per heavy atom. The third kappa shape index (κ3) is 4.31. The van der Waals surface area contributed by atoms with Crippen molar-refractivity contribution >= 4 is 0 Å². The zero-order valence-electron chi connectivity index (χ0n) is 17.9. The molecule has 0 amide bonds. The maximum atomic E-state index is 14.4. The molecular weight excluding hydrogens is 350 g/mol. The highest BCUT2D eigenvalue weighted by Crippen LogP contribution is 2.51. The monoisotopic (exact) mass is 388 g/mol. The Morgan fingerprint density at radius 1 is 0.750 bits per heavy atom. The molecular formula is C26H38F2. The van der Waals surface area contributed by atoms with Gasteiger partial charge in [0.15, 0.2) is 0 Å². The fourth-order valence-corrected chi connectivity index (χ4v) is 6.76. The molecule has 0 bridgehead atoms. The van der Waals surface area contributed by atoms with E-state index in [2.05, 4.69) is 6.92 Å². The van der Waals surface area contributed by atoms with Crippen LogP contribution in [0, 0.1) is 41.2 Å². The third-order valence-electron chi connectivity index (χ3n) is 8.52. The molecule has 0 nitrogen and oxygen atoms in total. The van der Waals surface area contributed by atoms with Gasteiger partial charge >= 0.3 is 0 Å². The molecule has 0 spiro atoms. The zero-order chi connectivity index (χ0) is 19.7. The van der Waals surface area contributed by atoms with Gasteiger partial charge in [0.2, 0.25) is 0 Å². The van der Waals surface area contributed by atoms with Crippen molar-refractivity contribution in [3.8, 4) is 0 Å². The Balaban J connectivity index is 1.37. The van der Waals surface area contributed by atoms with E-state index in [1.807, 2.05) is 6.92 Å². The average Bonchev–Trinajstić information content (AvgIpc) is 2.70. The van der Waals surface area contributed by atoms with Crippen molar-refractivity contribution in [2.75, 3.05) is 0 Å². The molecule has 2 heteroatoms. The number of fused-ring (bicyclic) bond motifs is 1. The Hall–Kier alpha value is -0.920. The normalized spacial score (nSPS) is 36.1. The molecule has 0 aromatic heterocycles. The standard InChI is InChI=1S/C26H38F2/c1-3-4-24-25(27)15-23(16-26(24)28)22-12-11-20-13-19(9-10-21(20)14-22)18-7-5-17(2)6-8-18/h15-22H,3-14H2,1-2H3. The van der Waals surface area contributed by atoms with Crippen molar-refractivity contribution in [3.05, 3.63) is 34.9 Å². The van der Waals surface area contributed by atoms with Crippen LogP contribution in [0.3, 0.4) is 0 Å². The van der Waals surface area contributed by atoms with E-state index in [4.69, 9.17) is 0 Å². The van der Waals surface area contributed by atoms with Gasteiger partial charge in [0.05, 0.1) is 0 Å². The van der Waals surface area contributed by atoms with E-state index in [-0.39, 0.29) is 17.2 Å². The van der Waals surface area contributed by atoms with Gasteiger partial charge in [-0.3, -0.25) is 0 Å². The van der Waals surface area contributed by atoms with Gasteiger partial charge in [0, 0.05) is 5.56 Å². The fraction of sp³-hybridized carbons (Fsp3) is 0.769. The lowest BCUT2D eigenvalue weighted by Crippen LogP contribution is -2.34. The molecule has 3 aliphatic carbocycles. The van der Waals surface area contributed by atoms with Crippen LogP contribution in [0.25, 0.3) is 0 Å². The van der Waals surface area contributed by atoms with E-state index in [1.165, 1.54) is 51.4 Å². The Kier molecular flexibility index (Phi) is 6.43. The highest BCUT2D eigenvalue weighted by Gasteiger charge is 2.39. The summed E-state index contributed by atoms with van der Waals surface area (Å²) in [5.74, 6) is 4.21. The summed E-state index contributed by atoms with van der Waals surface area (Å²) in [7, 11) is 0. The van der Waals surface area contributed by atoms with Gasteiger partial charge in [-0.15, -0.1) is 0 Å². The second-order valence-electron chi connectivity index (χ2n) is 10.3. The molecule has 4 rings (SSSR count). The topological polar surface area (TPSA) is 0 Å². The van der Waals surface area contributed by atoms with Gasteiger partial charge in [-0.05, 0) is 111 Å². The number of rotatable bonds is 4. The van der Waals surface area contributed by atoms with E-state index in [0.29, 0.717) is 12.3 Å². The molecule has 3 saturated carbocycles. The minimum absolute atomic E-state index is 0.280. The van der Waals surface area contributed by atoms with Crippen LogP contribution in [0.15, 0.2) is 12.1 Å². The van der Waals surface area contributed by atoms with E-state index in [0.717, 1.165) is 54.4 Å². The van der Waals surface area contributed by atoms with E-state index < -0.39 is 0 Å². The summed E-state index contributed by atoms with van der Waals surface area (Å²) in [4.78, 5) is 0. The summed E-state index contributed by atoms with van der Waals surface area (Å²) in [6.45, 7) is 4.38. The lowest BCUT2D eigenvalue weighted by Gasteiger charge is -2.45. The molecule has 0 radical (unpaired) electrons. The lowest BCUT2D eigenvalue weighted by atomic mass is 9.60. The summed E-state index contributed by atoms with van der Waals surface area (Å²) in [6.07, 6.45) is 14.7. The second-order valence-corrected chi connectivity index (χ2v) is 10.3. The fourth-order valence-electron chi connectivity index (χ4n) is 6.76. The molecule has 0 N–H and O–H groups in total. The Bertz CT molecular complexity index is 635. The van der Waals surface area contributed by atoms with Crippen molar-refractivity contribution < 1.29 is 8.78 Å². The van der Waals surface area contributed by atoms with E-state index >= 15 is 0 Å². The van der Waals surface area contributed by atoms with E-state index in [1.54, 1.807) is 12.1 Å². The SMILES string of the molecule is CCCc1c(F)cc(C2CCC3CC(C4CCC(C)CC4)CCC3C2)cc1F. The first-order chi connectivity index (χ1) is 13.5. The quantitative estimate of drug-likeness (QED) is 0.489. The molecule has 1 aromatic carbocycles. The van der Waals surface area contributed by atoms with Crippen molar-refractivity contribution in [3.63, 3.8) is 0 Å². The molecule has 4 atom stereocenters. The molecule has 0 heterocycles. The van der Waals surface area contributed by atoms with Gasteiger partial charge in [-0.1, -0.05) is 33.1 Å². The maximum Gasteiger partial charge on any atom is 0.129 e. The van der Waals surface area contributed by atoms with Gasteiger partial charge in [-0.2, -0.15) is 0 Å². The molecule has 3 aliphatic rings. The smallest absolute Gasteiger partial charge is 0.129 e. The summed E-state index contributed by atoms with van der Waals surface area (Å²) in [5, 5.41) is 0. The molecule has 1 aromatic rings. The first-order valence-corrected chi connectivity index (χ1v) is 12.0. The van der Waals surface area contributed by atoms with Crippen LogP contribution in [-0.2, 0) is 6.42 Å². The van der Waals surface area contributed by atoms with Crippen molar-refractivity contribution in [1.29, 1.82) is 0 Å². The van der Waals surface area contributed by atoms with Crippen LogP contribution < -0.4 is 0 Å². The second kappa shape index (κ2) is 8.84. The van der Waals surface area contributed by atoms with Gasteiger partial charge in [0.25, 0.3) is 0 Å². The maximum absolute atomic E-state index is 14.4. The summed E-state index contributed by atoms with van der Waals surface area (Å²) in [6, 6.07) is 3.29. The number of benzene rings is 1. The minimum atomic E-state index is -0.325. The summed E-state index contributed by atoms with van der Waals surface area (Å²) in [5.41, 5.74) is 1.19. The molecule has 0 aliphatic heterocycles. The third-order valence-corrected chi connectivity index (χ3v) is 8.52. The molecule has 0 saturated heterocycles. The van der Waals surface area contributed by atoms with Crippen LogP contribution in [0.5, 0.6) is 0 Å². The zero-order valence-corrected chi connectivity index (χ0v) is 17.9. The van der Waals surface area contributed by atoms with Crippen LogP contribution in [0.4, 0.5) is 8.78 Å². The largest absolute Gasteiger partial charge is 0.207 e. The van der Waals surface area contributed by atoms with Crippen LogP contribution in [0.2, 0.25) is 0 Å². The lowest BCUT2D eigenvalue weighted by molar-refractivity contribution is 0.0731. The van der Waals surface area contributed by atoms with Crippen molar-refractivity contribution in [1.82, 2.24) is 0 Å². The predicted molar refractivity (Wildman–Crippen MR) is 112 cm³/mol. The number of hydrogen-bond donors (Lipinski definition) is 0. The molecule has 156 valence electrons. The van der Waals surface area contributed by atoms with Crippen molar-refractivity contribution in [2.45, 2.75) is 96.8 Å². The molecule has 3 fully saturated rings. The Morgan fingerprint density at radius 3 is 1.93 bits per heavy atom. The van der Waals surface area contributed by atoms with Gasteiger partial charge in [-0.25, -0.2) is 8.78 Å². The Labute approximate surface area is 170 Å². The first kappa shape index (κ1) is 20.4. The van der Waals surface area contributed by atoms with Crippen LogP contribution in [0.1, 0.15) is 102 Å². The van der Waals surface area contributed by atoms with Crippen molar-refractivity contribution in [2.24, 2.45) is 29.6 Å². The van der Waals surface area contributed by atoms with Gasteiger partial charge in [0.1, 0.15) is 11.6 Å². The molecule has 4 unspecified atom stereocenters. The summed E-state index contributed by atoms with van der Waals surface area (Å²) >= 11 is 0. The first-order valence-electron chi connectivity index (χ1n) is 12.0. The average molecular weight is 389 g/mol. The molecule has 28 heavy (non-hydrogen) atoms. The predicted octanol–water partition coefficient (Wildman–Crippen LogP) is 8.04. The number of hydrogen-bond acceptors (Lipinski definition) is 0. The van der Waals surface area contributed by atoms with Gasteiger partial charge < -0.3 is 0 Å². The highest BCUT2D eigenvalue weighted by atomic mass is 19.1. The number of halogens is 2. The van der Waals surface area contributed by atoms with Crippen LogP contribution >= 0.6 is 0 Å². The summed E-state index contributed by atoms with van der Waals surface area (Å²) < 4.78 is 28.9. The van der Waals surface area contributed by atoms with E-state index in [9.17, 15) is 8.78 Å².